The molecule has 1 amide bonds. The fourth-order valence-corrected chi connectivity index (χ4v) is 4.67. The Balaban J connectivity index is 1.85. The Bertz CT molecular complexity index is 873. The quantitative estimate of drug-likeness (QED) is 0.725. The first-order valence-corrected chi connectivity index (χ1v) is 8.40. The smallest absolute Gasteiger partial charge is 0.441 e. The van der Waals surface area contributed by atoms with Crippen LogP contribution in [0.2, 0.25) is 0 Å². The molecule has 1 fully saturated rings. The normalized spacial score (nSPS) is 29.0. The fourth-order valence-electron chi connectivity index (χ4n) is 4.67. The Morgan fingerprint density at radius 1 is 1.40 bits per heavy atom. The van der Waals surface area contributed by atoms with Gasteiger partial charge in [0.25, 0.3) is 0 Å². The van der Waals surface area contributed by atoms with E-state index in [2.05, 4.69) is 11.9 Å². The Labute approximate surface area is 143 Å². The van der Waals surface area contributed by atoms with Gasteiger partial charge >= 0.3 is 12.1 Å². The number of carbonyl (C=O) groups excluding carboxylic acids is 1. The summed E-state index contributed by atoms with van der Waals surface area (Å²) in [5.41, 5.74) is 3.22. The lowest BCUT2D eigenvalue weighted by atomic mass is 9.58. The van der Waals surface area contributed by atoms with E-state index in [0.29, 0.717) is 24.3 Å². The monoisotopic (exact) mass is 352 g/mol. The van der Waals surface area contributed by atoms with Gasteiger partial charge in [-0.2, -0.15) is 13.2 Å². The third kappa shape index (κ3) is 2.20. The minimum absolute atomic E-state index is 0.0948. The van der Waals surface area contributed by atoms with Crippen LogP contribution in [0.5, 0.6) is 0 Å². The number of likely N-dealkylation sites (tertiary alicyclic amines) is 1. The van der Waals surface area contributed by atoms with Crippen molar-refractivity contribution in [3.8, 4) is 0 Å². The van der Waals surface area contributed by atoms with Crippen LogP contribution < -0.4 is 0 Å². The average molecular weight is 352 g/mol. The van der Waals surface area contributed by atoms with Crippen LogP contribution in [0.25, 0.3) is 11.1 Å². The molecule has 2 aromatic rings. The molecule has 1 aromatic carbocycles. The van der Waals surface area contributed by atoms with Crippen LogP contribution >= 0.6 is 0 Å². The number of piperidine rings is 1. The summed E-state index contributed by atoms with van der Waals surface area (Å²) in [6, 6.07) is 3.27. The van der Waals surface area contributed by atoms with Crippen molar-refractivity contribution < 1.29 is 22.4 Å². The number of fused-ring (bicyclic) bond motifs is 6. The molecule has 1 aliphatic carbocycles. The highest BCUT2D eigenvalue weighted by atomic mass is 19.4. The van der Waals surface area contributed by atoms with Crippen molar-refractivity contribution >= 4 is 17.0 Å². The lowest BCUT2D eigenvalue weighted by molar-refractivity contribution is -0.192. The number of aryl methyl sites for hydroxylation is 1. The van der Waals surface area contributed by atoms with Crippen LogP contribution in [0.4, 0.5) is 13.2 Å². The molecule has 0 saturated carbocycles. The van der Waals surface area contributed by atoms with Crippen LogP contribution in [0.15, 0.2) is 16.5 Å². The van der Waals surface area contributed by atoms with Crippen molar-refractivity contribution in [2.24, 2.45) is 5.92 Å². The summed E-state index contributed by atoms with van der Waals surface area (Å²) in [6.45, 7) is 5.90. The van der Waals surface area contributed by atoms with Gasteiger partial charge in [0, 0.05) is 24.9 Å². The average Bonchev–Trinajstić information content (AvgIpc) is 2.88. The third-order valence-corrected chi connectivity index (χ3v) is 6.11. The van der Waals surface area contributed by atoms with Gasteiger partial charge in [0.05, 0.1) is 0 Å². The number of nitrogens with zero attached hydrogens (tertiary/aromatic N) is 2. The van der Waals surface area contributed by atoms with Gasteiger partial charge in [0.15, 0.2) is 11.5 Å². The zero-order valence-corrected chi connectivity index (χ0v) is 14.3. The minimum atomic E-state index is -4.83. The second-order valence-electron chi connectivity index (χ2n) is 7.40. The summed E-state index contributed by atoms with van der Waals surface area (Å²) in [6.07, 6.45) is -3.94. The van der Waals surface area contributed by atoms with Crippen LogP contribution in [0.1, 0.15) is 37.3 Å². The van der Waals surface area contributed by atoms with Crippen LogP contribution in [-0.4, -0.2) is 34.6 Å². The number of hydrogen-bond donors (Lipinski definition) is 0. The summed E-state index contributed by atoms with van der Waals surface area (Å²) in [4.78, 5) is 17.4. The second kappa shape index (κ2) is 4.99. The highest BCUT2D eigenvalue weighted by Gasteiger charge is 2.54. The SMILES string of the molecule is Cc1nc2c3c(ccc2o1)C[C@@H]1C(C)[C@@]3(C)CCN1C(=O)C(F)(F)F. The lowest BCUT2D eigenvalue weighted by Gasteiger charge is -2.54. The molecule has 25 heavy (non-hydrogen) atoms. The number of hydrogen-bond acceptors (Lipinski definition) is 3. The number of halogens is 3. The van der Waals surface area contributed by atoms with Gasteiger partial charge in [0.1, 0.15) is 5.52 Å². The maximum Gasteiger partial charge on any atom is 0.471 e. The molecule has 1 unspecified atom stereocenters. The van der Waals surface area contributed by atoms with E-state index in [1.165, 1.54) is 0 Å². The van der Waals surface area contributed by atoms with Gasteiger partial charge < -0.3 is 9.32 Å². The molecule has 4 rings (SSSR count). The Morgan fingerprint density at radius 2 is 2.12 bits per heavy atom. The Hall–Kier alpha value is -2.05. The summed E-state index contributed by atoms with van der Waals surface area (Å²) >= 11 is 0. The van der Waals surface area contributed by atoms with Gasteiger partial charge in [-0.3, -0.25) is 4.79 Å². The molecule has 4 nitrogen and oxygen atoms in total. The van der Waals surface area contributed by atoms with E-state index >= 15 is 0 Å². The van der Waals surface area contributed by atoms with Crippen molar-refractivity contribution in [1.29, 1.82) is 0 Å². The molecular formula is C18H19F3N2O2. The van der Waals surface area contributed by atoms with Gasteiger partial charge in [-0.05, 0) is 36.0 Å². The second-order valence-corrected chi connectivity index (χ2v) is 7.40. The van der Waals surface area contributed by atoms with Gasteiger partial charge in [-0.1, -0.05) is 19.9 Å². The summed E-state index contributed by atoms with van der Waals surface area (Å²) in [5, 5.41) is 0. The number of alkyl halides is 3. The van der Waals surface area contributed by atoms with Crippen molar-refractivity contribution in [1.82, 2.24) is 9.88 Å². The first-order valence-electron chi connectivity index (χ1n) is 8.40. The minimum Gasteiger partial charge on any atom is -0.441 e. The van der Waals surface area contributed by atoms with E-state index in [0.717, 1.165) is 21.5 Å². The lowest BCUT2D eigenvalue weighted by Crippen LogP contribution is -2.61. The van der Waals surface area contributed by atoms with E-state index in [1.54, 1.807) is 6.92 Å². The zero-order chi connectivity index (χ0) is 18.1. The molecule has 0 N–H and O–H groups in total. The predicted molar refractivity (Wildman–Crippen MR) is 85.1 cm³/mol. The van der Waals surface area contributed by atoms with E-state index in [4.69, 9.17) is 4.42 Å². The number of benzene rings is 1. The van der Waals surface area contributed by atoms with Crippen molar-refractivity contribution in [3.63, 3.8) is 0 Å². The number of oxazole rings is 1. The topological polar surface area (TPSA) is 46.3 Å². The summed E-state index contributed by atoms with van der Waals surface area (Å²) < 4.78 is 44.6. The van der Waals surface area contributed by atoms with Gasteiger partial charge in [-0.15, -0.1) is 0 Å². The molecule has 0 radical (unpaired) electrons. The third-order valence-electron chi connectivity index (χ3n) is 6.11. The zero-order valence-electron chi connectivity index (χ0n) is 14.3. The van der Waals surface area contributed by atoms with Crippen molar-refractivity contribution in [2.75, 3.05) is 6.54 Å². The molecule has 1 aliphatic heterocycles. The fraction of sp³-hybridized carbons (Fsp3) is 0.556. The maximum absolute atomic E-state index is 13.0. The molecule has 134 valence electrons. The van der Waals surface area contributed by atoms with E-state index in [1.807, 2.05) is 19.1 Å². The van der Waals surface area contributed by atoms with Crippen molar-refractivity contribution in [3.05, 3.63) is 29.2 Å². The van der Waals surface area contributed by atoms with Gasteiger partial charge in [-0.25, -0.2) is 4.98 Å². The summed E-state index contributed by atoms with van der Waals surface area (Å²) in [7, 11) is 0. The molecule has 2 bridgehead atoms. The number of carbonyl (C=O) groups is 1. The van der Waals surface area contributed by atoms with E-state index in [9.17, 15) is 18.0 Å². The maximum atomic E-state index is 13.0. The number of aromatic nitrogens is 1. The Kier molecular flexibility index (Phi) is 3.28. The molecule has 3 atom stereocenters. The van der Waals surface area contributed by atoms with E-state index < -0.39 is 18.1 Å². The molecule has 2 aliphatic rings. The molecule has 1 saturated heterocycles. The highest BCUT2D eigenvalue weighted by Crippen LogP contribution is 2.51. The molecule has 1 aromatic heterocycles. The first-order chi connectivity index (χ1) is 11.6. The van der Waals surface area contributed by atoms with Crippen LogP contribution in [0.3, 0.4) is 0 Å². The predicted octanol–water partition coefficient (Wildman–Crippen LogP) is 3.75. The number of amides is 1. The van der Waals surface area contributed by atoms with E-state index in [-0.39, 0.29) is 17.9 Å². The van der Waals surface area contributed by atoms with Crippen LogP contribution in [-0.2, 0) is 16.6 Å². The molecule has 7 heteroatoms. The standard InChI is InChI=1S/C18H19F3N2O2/c1-9-12-8-11-4-5-13-15(22-10(2)25-13)14(11)17(9,3)6-7-23(12)16(24)18(19,20)21/h4-5,9,12H,6-8H2,1-3H3/t9?,12-,17-/m1/s1. The van der Waals surface area contributed by atoms with Crippen LogP contribution in [0, 0.1) is 12.8 Å². The van der Waals surface area contributed by atoms with Crippen molar-refractivity contribution in [2.45, 2.75) is 51.2 Å². The van der Waals surface area contributed by atoms with Gasteiger partial charge in [0.2, 0.25) is 0 Å². The summed E-state index contributed by atoms with van der Waals surface area (Å²) in [5.74, 6) is -1.25. The Morgan fingerprint density at radius 3 is 2.80 bits per heavy atom. The molecular weight excluding hydrogens is 333 g/mol. The number of rotatable bonds is 0. The molecule has 0 spiro atoms. The molecule has 2 heterocycles. The first kappa shape index (κ1) is 16.4. The highest BCUT2D eigenvalue weighted by molar-refractivity contribution is 5.84. The largest absolute Gasteiger partial charge is 0.471 e.